The summed E-state index contributed by atoms with van der Waals surface area (Å²) in [6, 6.07) is 22.3. The van der Waals surface area contributed by atoms with Crippen molar-refractivity contribution in [2.24, 2.45) is 0 Å². The molecule has 0 heterocycles. The third-order valence-electron chi connectivity index (χ3n) is 5.31. The van der Waals surface area contributed by atoms with Gasteiger partial charge in [-0.25, -0.2) is 0 Å². The predicted molar refractivity (Wildman–Crippen MR) is 106 cm³/mol. The van der Waals surface area contributed by atoms with Crippen LogP contribution in [0.4, 0.5) is 0 Å². The zero-order valence-electron chi connectivity index (χ0n) is 14.8. The van der Waals surface area contributed by atoms with E-state index in [1.807, 2.05) is 0 Å². The van der Waals surface area contributed by atoms with Crippen molar-refractivity contribution in [3.8, 4) is 11.1 Å². The number of fused-ring (bicyclic) bond motifs is 2. The van der Waals surface area contributed by atoms with E-state index in [2.05, 4.69) is 88.4 Å². The largest absolute Gasteiger partial charge is 0.0616 e. The molecule has 4 aromatic rings. The zero-order chi connectivity index (χ0) is 16.8. The van der Waals surface area contributed by atoms with Crippen LogP contribution >= 0.6 is 0 Å². The molecular formula is C24H22. The second-order valence-electron chi connectivity index (χ2n) is 6.84. The fourth-order valence-electron chi connectivity index (χ4n) is 3.87. The summed E-state index contributed by atoms with van der Waals surface area (Å²) in [5.41, 5.74) is 8.14. The van der Waals surface area contributed by atoms with Gasteiger partial charge in [-0.1, -0.05) is 60.7 Å². The molecule has 0 aromatic heterocycles. The molecule has 0 fully saturated rings. The van der Waals surface area contributed by atoms with Crippen molar-refractivity contribution in [1.82, 2.24) is 0 Å². The average molecular weight is 310 g/mol. The van der Waals surface area contributed by atoms with E-state index in [0.717, 1.165) is 0 Å². The Hall–Kier alpha value is -2.60. The number of hydrogen-bond acceptors (Lipinski definition) is 0. The first-order valence-electron chi connectivity index (χ1n) is 8.56. The van der Waals surface area contributed by atoms with Crippen LogP contribution in [0.1, 0.15) is 22.3 Å². The van der Waals surface area contributed by atoms with Gasteiger partial charge in [-0.3, -0.25) is 0 Å². The van der Waals surface area contributed by atoms with Crippen LogP contribution in [-0.2, 0) is 0 Å². The molecule has 0 N–H and O–H groups in total. The molecule has 118 valence electrons. The van der Waals surface area contributed by atoms with Crippen molar-refractivity contribution >= 4 is 21.5 Å². The van der Waals surface area contributed by atoms with Gasteiger partial charge in [0, 0.05) is 0 Å². The predicted octanol–water partition coefficient (Wildman–Crippen LogP) is 6.89. The van der Waals surface area contributed by atoms with Gasteiger partial charge in [0.2, 0.25) is 0 Å². The van der Waals surface area contributed by atoms with Gasteiger partial charge in [-0.2, -0.15) is 0 Å². The summed E-state index contributed by atoms with van der Waals surface area (Å²) >= 11 is 0. The van der Waals surface area contributed by atoms with Crippen molar-refractivity contribution in [1.29, 1.82) is 0 Å². The summed E-state index contributed by atoms with van der Waals surface area (Å²) < 4.78 is 0. The van der Waals surface area contributed by atoms with Crippen molar-refractivity contribution < 1.29 is 0 Å². The maximum Gasteiger partial charge on any atom is -0.00239 e. The summed E-state index contributed by atoms with van der Waals surface area (Å²) in [5, 5.41) is 5.40. The van der Waals surface area contributed by atoms with E-state index in [-0.39, 0.29) is 0 Å². The van der Waals surface area contributed by atoms with Crippen LogP contribution in [0.5, 0.6) is 0 Å². The smallest absolute Gasteiger partial charge is 0.00239 e. The Labute approximate surface area is 143 Å². The molecule has 0 unspecified atom stereocenters. The molecule has 0 heteroatoms. The molecule has 0 nitrogen and oxygen atoms in total. The molecule has 4 aromatic carbocycles. The van der Waals surface area contributed by atoms with Crippen LogP contribution in [0.3, 0.4) is 0 Å². The van der Waals surface area contributed by atoms with Gasteiger partial charge < -0.3 is 0 Å². The standard InChI is InChI=1S/C24H22/c1-15-13-17(3)23(14-16(15)2)24-21-11-7-5-9-19(21)18(4)20-10-6-8-12-22(20)24/h5-14H,1-4H3. The average Bonchev–Trinajstić information content (AvgIpc) is 2.59. The van der Waals surface area contributed by atoms with E-state index in [1.54, 1.807) is 0 Å². The second-order valence-corrected chi connectivity index (χ2v) is 6.84. The van der Waals surface area contributed by atoms with Crippen LogP contribution in [0.15, 0.2) is 60.7 Å². The molecule has 0 atom stereocenters. The van der Waals surface area contributed by atoms with Crippen LogP contribution in [0.25, 0.3) is 32.7 Å². The van der Waals surface area contributed by atoms with Gasteiger partial charge in [0.25, 0.3) is 0 Å². The first-order valence-corrected chi connectivity index (χ1v) is 8.56. The third-order valence-corrected chi connectivity index (χ3v) is 5.31. The molecule has 4 rings (SSSR count). The summed E-state index contributed by atoms with van der Waals surface area (Å²) in [6.07, 6.45) is 0. The van der Waals surface area contributed by atoms with Gasteiger partial charge in [-0.15, -0.1) is 0 Å². The lowest BCUT2D eigenvalue weighted by atomic mass is 9.86. The van der Waals surface area contributed by atoms with Crippen LogP contribution in [-0.4, -0.2) is 0 Å². The maximum atomic E-state index is 2.36. The summed E-state index contributed by atoms with van der Waals surface area (Å²) in [4.78, 5) is 0. The van der Waals surface area contributed by atoms with E-state index in [4.69, 9.17) is 0 Å². The molecule has 0 radical (unpaired) electrons. The molecule has 0 saturated carbocycles. The minimum absolute atomic E-state index is 1.34. The highest BCUT2D eigenvalue weighted by Gasteiger charge is 2.14. The Bertz CT molecular complexity index is 1030. The van der Waals surface area contributed by atoms with E-state index >= 15 is 0 Å². The van der Waals surface area contributed by atoms with Gasteiger partial charge >= 0.3 is 0 Å². The molecule has 0 aliphatic heterocycles. The van der Waals surface area contributed by atoms with E-state index in [1.165, 1.54) is 54.9 Å². The Kier molecular flexibility index (Phi) is 3.42. The first-order chi connectivity index (χ1) is 11.6. The minimum Gasteiger partial charge on any atom is -0.0616 e. The highest BCUT2D eigenvalue weighted by Crippen LogP contribution is 2.40. The van der Waals surface area contributed by atoms with Crippen molar-refractivity contribution in [3.63, 3.8) is 0 Å². The SMILES string of the molecule is Cc1cc(C)c(-c2c3ccccc3c(C)c3ccccc23)cc1C. The van der Waals surface area contributed by atoms with Crippen molar-refractivity contribution in [2.75, 3.05) is 0 Å². The third kappa shape index (κ3) is 2.14. The lowest BCUT2D eigenvalue weighted by Gasteiger charge is -2.18. The number of benzene rings is 4. The van der Waals surface area contributed by atoms with Crippen molar-refractivity contribution in [3.05, 3.63) is 82.9 Å². The monoisotopic (exact) mass is 310 g/mol. The quantitative estimate of drug-likeness (QED) is 0.336. The fourth-order valence-corrected chi connectivity index (χ4v) is 3.87. The van der Waals surface area contributed by atoms with Crippen LogP contribution < -0.4 is 0 Å². The second kappa shape index (κ2) is 5.49. The van der Waals surface area contributed by atoms with Gasteiger partial charge in [0.15, 0.2) is 0 Å². The maximum absolute atomic E-state index is 2.36. The number of rotatable bonds is 1. The molecule has 0 amide bonds. The molecule has 0 spiro atoms. The normalized spacial score (nSPS) is 11.3. The van der Waals surface area contributed by atoms with E-state index in [9.17, 15) is 0 Å². The van der Waals surface area contributed by atoms with Gasteiger partial charge in [0.1, 0.15) is 0 Å². The minimum atomic E-state index is 1.34. The molecule has 0 aliphatic carbocycles. The highest BCUT2D eigenvalue weighted by atomic mass is 14.2. The zero-order valence-corrected chi connectivity index (χ0v) is 14.8. The number of hydrogen-bond donors (Lipinski definition) is 0. The number of aryl methyl sites for hydroxylation is 4. The van der Waals surface area contributed by atoms with Crippen LogP contribution in [0.2, 0.25) is 0 Å². The molecule has 0 saturated heterocycles. The molecule has 0 bridgehead atoms. The van der Waals surface area contributed by atoms with E-state index < -0.39 is 0 Å². The summed E-state index contributed by atoms with van der Waals surface area (Å²) in [6.45, 7) is 8.86. The van der Waals surface area contributed by atoms with Gasteiger partial charge in [-0.05, 0) is 82.6 Å². The highest BCUT2D eigenvalue weighted by molar-refractivity contribution is 6.15. The fraction of sp³-hybridized carbons (Fsp3) is 0.167. The molecular weight excluding hydrogens is 288 g/mol. The summed E-state index contributed by atoms with van der Waals surface area (Å²) in [7, 11) is 0. The Morgan fingerprint density at radius 3 is 1.50 bits per heavy atom. The Morgan fingerprint density at radius 1 is 0.500 bits per heavy atom. The Morgan fingerprint density at radius 2 is 0.958 bits per heavy atom. The van der Waals surface area contributed by atoms with E-state index in [0.29, 0.717) is 0 Å². The lowest BCUT2D eigenvalue weighted by Crippen LogP contribution is -1.93. The van der Waals surface area contributed by atoms with Crippen molar-refractivity contribution in [2.45, 2.75) is 27.7 Å². The lowest BCUT2D eigenvalue weighted by molar-refractivity contribution is 1.30. The van der Waals surface area contributed by atoms with Crippen LogP contribution in [0, 0.1) is 27.7 Å². The summed E-state index contributed by atoms with van der Waals surface area (Å²) in [5.74, 6) is 0. The molecule has 24 heavy (non-hydrogen) atoms. The molecule has 0 aliphatic rings. The first kappa shape index (κ1) is 15.0. The Balaban J connectivity index is 2.26. The van der Waals surface area contributed by atoms with Gasteiger partial charge in [0.05, 0.1) is 0 Å². The topological polar surface area (TPSA) is 0 Å².